The molecule has 1 N–H and O–H groups in total. The Hall–Kier alpha value is -2.33. The number of halogens is 2. The minimum absolute atomic E-state index is 0.239. The lowest BCUT2D eigenvalue weighted by Crippen LogP contribution is -2.01. The van der Waals surface area contributed by atoms with E-state index in [1.165, 1.54) is 6.07 Å². The van der Waals surface area contributed by atoms with E-state index in [1.54, 1.807) is 36.5 Å². The first-order chi connectivity index (χ1) is 10.1. The zero-order valence-electron chi connectivity index (χ0n) is 10.9. The van der Waals surface area contributed by atoms with Gasteiger partial charge in [-0.05, 0) is 30.3 Å². The van der Waals surface area contributed by atoms with Gasteiger partial charge in [0.1, 0.15) is 5.82 Å². The third-order valence-corrected chi connectivity index (χ3v) is 3.63. The van der Waals surface area contributed by atoms with Crippen LogP contribution in [0, 0.1) is 5.82 Å². The van der Waals surface area contributed by atoms with Gasteiger partial charge >= 0.3 is 5.97 Å². The number of hydrogen-bond donors (Lipinski definition) is 1. The quantitative estimate of drug-likeness (QED) is 0.788. The smallest absolute Gasteiger partial charge is 0.336 e. The van der Waals surface area contributed by atoms with E-state index in [0.717, 1.165) is 5.52 Å². The number of fused-ring (bicyclic) bond motifs is 1. The van der Waals surface area contributed by atoms with Crippen LogP contribution in [-0.4, -0.2) is 15.6 Å². The third kappa shape index (κ3) is 2.50. The molecule has 2 aromatic carbocycles. The van der Waals surface area contributed by atoms with Crippen LogP contribution in [-0.2, 0) is 6.54 Å². The van der Waals surface area contributed by atoms with Crippen LogP contribution >= 0.6 is 11.6 Å². The van der Waals surface area contributed by atoms with Gasteiger partial charge in [0.2, 0.25) is 0 Å². The molecule has 3 nitrogen and oxygen atoms in total. The van der Waals surface area contributed by atoms with Crippen LogP contribution in [0.15, 0.2) is 48.7 Å². The summed E-state index contributed by atoms with van der Waals surface area (Å²) in [6.45, 7) is 0.315. The fourth-order valence-corrected chi connectivity index (χ4v) is 2.54. The molecule has 0 saturated carbocycles. The van der Waals surface area contributed by atoms with Crippen molar-refractivity contribution in [1.29, 1.82) is 0 Å². The minimum atomic E-state index is -0.976. The highest BCUT2D eigenvalue weighted by Crippen LogP contribution is 2.23. The average molecular weight is 304 g/mol. The summed E-state index contributed by atoms with van der Waals surface area (Å²) in [5.41, 5.74) is 1.49. The van der Waals surface area contributed by atoms with Crippen molar-refractivity contribution in [1.82, 2.24) is 4.57 Å². The van der Waals surface area contributed by atoms with Crippen LogP contribution in [0.2, 0.25) is 5.02 Å². The molecule has 106 valence electrons. The van der Waals surface area contributed by atoms with Crippen molar-refractivity contribution in [2.24, 2.45) is 0 Å². The number of carboxylic acids is 1. The van der Waals surface area contributed by atoms with E-state index in [0.29, 0.717) is 22.5 Å². The Morgan fingerprint density at radius 2 is 2.05 bits per heavy atom. The first-order valence-corrected chi connectivity index (χ1v) is 6.69. The predicted molar refractivity (Wildman–Crippen MR) is 79.4 cm³/mol. The summed E-state index contributed by atoms with van der Waals surface area (Å²) in [5, 5.41) is 10.2. The second-order valence-corrected chi connectivity index (χ2v) is 5.16. The molecule has 1 aromatic heterocycles. The minimum Gasteiger partial charge on any atom is -0.478 e. The van der Waals surface area contributed by atoms with Gasteiger partial charge in [0.15, 0.2) is 0 Å². The second kappa shape index (κ2) is 5.22. The summed E-state index contributed by atoms with van der Waals surface area (Å²) in [5.74, 6) is -1.35. The second-order valence-electron chi connectivity index (χ2n) is 4.72. The summed E-state index contributed by atoms with van der Waals surface area (Å²) in [6, 6.07) is 11.3. The van der Waals surface area contributed by atoms with Gasteiger partial charge in [-0.3, -0.25) is 0 Å². The Labute approximate surface area is 125 Å². The zero-order valence-corrected chi connectivity index (χ0v) is 11.6. The molecule has 5 heteroatoms. The Morgan fingerprint density at radius 1 is 1.24 bits per heavy atom. The normalized spacial score (nSPS) is 11.0. The van der Waals surface area contributed by atoms with Crippen LogP contribution in [0.1, 0.15) is 15.9 Å². The Bertz CT molecular complexity index is 841. The molecular weight excluding hydrogens is 293 g/mol. The highest BCUT2D eigenvalue weighted by molar-refractivity contribution is 6.30. The zero-order chi connectivity index (χ0) is 15.0. The van der Waals surface area contributed by atoms with Crippen molar-refractivity contribution >= 4 is 28.5 Å². The highest BCUT2D eigenvalue weighted by Gasteiger charge is 2.12. The topological polar surface area (TPSA) is 42.2 Å². The molecule has 0 bridgehead atoms. The molecule has 0 unspecified atom stereocenters. The van der Waals surface area contributed by atoms with E-state index in [1.807, 2.05) is 10.6 Å². The van der Waals surface area contributed by atoms with Crippen LogP contribution in [0.25, 0.3) is 10.9 Å². The van der Waals surface area contributed by atoms with Crippen molar-refractivity contribution in [3.8, 4) is 0 Å². The van der Waals surface area contributed by atoms with E-state index in [9.17, 15) is 14.3 Å². The first-order valence-electron chi connectivity index (χ1n) is 6.31. The molecule has 3 aromatic rings. The summed E-state index contributed by atoms with van der Waals surface area (Å²) in [7, 11) is 0. The first kappa shape index (κ1) is 13.6. The fourth-order valence-electron chi connectivity index (χ4n) is 2.38. The molecule has 21 heavy (non-hydrogen) atoms. The molecule has 0 atom stereocenters. The molecule has 0 aliphatic rings. The van der Waals surface area contributed by atoms with Gasteiger partial charge in [0, 0.05) is 27.7 Å². The fraction of sp³-hybridized carbons (Fsp3) is 0.0625. The summed E-state index contributed by atoms with van der Waals surface area (Å²) >= 11 is 5.74. The summed E-state index contributed by atoms with van der Waals surface area (Å²) < 4.78 is 15.7. The maximum Gasteiger partial charge on any atom is 0.336 e. The highest BCUT2D eigenvalue weighted by atomic mass is 35.5. The maximum absolute atomic E-state index is 13.9. The van der Waals surface area contributed by atoms with Gasteiger partial charge in [0.25, 0.3) is 0 Å². The Morgan fingerprint density at radius 3 is 2.76 bits per heavy atom. The molecule has 0 amide bonds. The lowest BCUT2D eigenvalue weighted by Gasteiger charge is -2.08. The predicted octanol–water partition coefficient (Wildman–Crippen LogP) is 4.18. The van der Waals surface area contributed by atoms with E-state index < -0.39 is 5.97 Å². The summed E-state index contributed by atoms with van der Waals surface area (Å²) in [4.78, 5) is 11.2. The maximum atomic E-state index is 13.9. The largest absolute Gasteiger partial charge is 0.478 e. The molecule has 0 aliphatic carbocycles. The Kier molecular flexibility index (Phi) is 3.39. The summed E-state index contributed by atoms with van der Waals surface area (Å²) in [6.07, 6.45) is 1.76. The SMILES string of the molecule is O=C(O)c1cccc2c1ccn2Cc1ccc(Cl)cc1F. The van der Waals surface area contributed by atoms with E-state index >= 15 is 0 Å². The molecule has 0 radical (unpaired) electrons. The van der Waals surface area contributed by atoms with Gasteiger partial charge in [-0.1, -0.05) is 23.7 Å². The Balaban J connectivity index is 2.06. The molecule has 0 saturated heterocycles. The number of aromatic carboxylic acids is 1. The molecule has 0 spiro atoms. The average Bonchev–Trinajstić information content (AvgIpc) is 2.85. The lowest BCUT2D eigenvalue weighted by atomic mass is 10.1. The number of carbonyl (C=O) groups is 1. The molecule has 0 aliphatic heterocycles. The number of nitrogens with zero attached hydrogens (tertiary/aromatic N) is 1. The van der Waals surface area contributed by atoms with Gasteiger partial charge < -0.3 is 9.67 Å². The third-order valence-electron chi connectivity index (χ3n) is 3.40. The molecule has 3 rings (SSSR count). The standard InChI is InChI=1S/C16H11ClFNO2/c17-11-5-4-10(14(18)8-11)9-19-7-6-12-13(16(20)21)2-1-3-15(12)19/h1-8H,9H2,(H,20,21). The van der Waals surface area contributed by atoms with Gasteiger partial charge in [0.05, 0.1) is 12.1 Å². The lowest BCUT2D eigenvalue weighted by molar-refractivity contribution is 0.0699. The van der Waals surface area contributed by atoms with Crippen LogP contribution in [0.5, 0.6) is 0 Å². The number of benzene rings is 2. The van der Waals surface area contributed by atoms with Crippen molar-refractivity contribution < 1.29 is 14.3 Å². The van der Waals surface area contributed by atoms with E-state index in [-0.39, 0.29) is 11.4 Å². The van der Waals surface area contributed by atoms with Crippen LogP contribution in [0.3, 0.4) is 0 Å². The molecule has 0 fully saturated rings. The molecular formula is C16H11ClFNO2. The van der Waals surface area contributed by atoms with Gasteiger partial charge in [-0.25, -0.2) is 9.18 Å². The van der Waals surface area contributed by atoms with Crippen molar-refractivity contribution in [3.63, 3.8) is 0 Å². The van der Waals surface area contributed by atoms with Crippen molar-refractivity contribution in [2.75, 3.05) is 0 Å². The number of rotatable bonds is 3. The van der Waals surface area contributed by atoms with Crippen LogP contribution < -0.4 is 0 Å². The van der Waals surface area contributed by atoms with Gasteiger partial charge in [-0.15, -0.1) is 0 Å². The van der Waals surface area contributed by atoms with Crippen LogP contribution in [0.4, 0.5) is 4.39 Å². The number of aromatic nitrogens is 1. The van der Waals surface area contributed by atoms with Crippen molar-refractivity contribution in [2.45, 2.75) is 6.54 Å². The van der Waals surface area contributed by atoms with E-state index in [2.05, 4.69) is 0 Å². The monoisotopic (exact) mass is 303 g/mol. The number of carboxylic acid groups (broad SMARTS) is 1. The van der Waals surface area contributed by atoms with E-state index in [4.69, 9.17) is 11.6 Å². The van der Waals surface area contributed by atoms with Crippen molar-refractivity contribution in [3.05, 3.63) is 70.6 Å². The number of hydrogen-bond acceptors (Lipinski definition) is 1. The molecule has 1 heterocycles. The van der Waals surface area contributed by atoms with Gasteiger partial charge in [-0.2, -0.15) is 0 Å².